The van der Waals surface area contributed by atoms with Gasteiger partial charge >= 0.3 is 0 Å². The van der Waals surface area contributed by atoms with E-state index < -0.39 is 5.56 Å². The maximum Gasteiger partial charge on any atom is 0.261 e. The van der Waals surface area contributed by atoms with Crippen molar-refractivity contribution in [2.75, 3.05) is 6.54 Å². The van der Waals surface area contributed by atoms with Gasteiger partial charge in [-0.05, 0) is 42.8 Å². The number of nitrogens with one attached hydrogen (secondary N) is 2. The van der Waals surface area contributed by atoms with Gasteiger partial charge in [-0.3, -0.25) is 19.6 Å². The number of hydrogen-bond acceptors (Lipinski definition) is 6. The molecule has 0 radical (unpaired) electrons. The first-order valence-electron chi connectivity index (χ1n) is 9.47. The first kappa shape index (κ1) is 19.7. The van der Waals surface area contributed by atoms with Crippen molar-refractivity contribution in [2.24, 2.45) is 0 Å². The Morgan fingerprint density at radius 3 is 2.37 bits per heavy atom. The highest BCUT2D eigenvalue weighted by Gasteiger charge is 2.11. The van der Waals surface area contributed by atoms with Gasteiger partial charge in [0.05, 0.1) is 10.7 Å². The Labute approximate surface area is 176 Å². The molecule has 8 heteroatoms. The SMILES string of the molecule is O=C(NCCCc1nc(-c2ccncc2)cs1)c1ccc(-c2ccncc2)[nH]c1=O. The third kappa shape index (κ3) is 4.66. The van der Waals surface area contributed by atoms with E-state index in [1.54, 1.807) is 60.4 Å². The molecule has 2 N–H and O–H groups in total. The van der Waals surface area contributed by atoms with Crippen molar-refractivity contribution in [3.05, 3.63) is 87.5 Å². The number of carbonyl (C=O) groups excluding carboxylic acids is 1. The fraction of sp³-hybridized carbons (Fsp3) is 0.136. The molecule has 4 aromatic rings. The Morgan fingerprint density at radius 1 is 0.967 bits per heavy atom. The Morgan fingerprint density at radius 2 is 1.67 bits per heavy atom. The second-order valence-corrected chi connectivity index (χ2v) is 7.52. The van der Waals surface area contributed by atoms with Crippen LogP contribution in [0.15, 0.2) is 71.4 Å². The summed E-state index contributed by atoms with van der Waals surface area (Å²) in [4.78, 5) is 40.0. The zero-order valence-corrected chi connectivity index (χ0v) is 16.9. The quantitative estimate of drug-likeness (QED) is 0.449. The molecule has 0 fully saturated rings. The number of aromatic nitrogens is 4. The maximum atomic E-state index is 12.4. The van der Waals surface area contributed by atoms with Crippen LogP contribution in [-0.2, 0) is 6.42 Å². The number of pyridine rings is 3. The average Bonchev–Trinajstić information content (AvgIpc) is 3.27. The van der Waals surface area contributed by atoms with Gasteiger partial charge < -0.3 is 10.3 Å². The predicted octanol–water partition coefficient (Wildman–Crippen LogP) is 3.32. The van der Waals surface area contributed by atoms with E-state index in [9.17, 15) is 9.59 Å². The summed E-state index contributed by atoms with van der Waals surface area (Å²) in [6, 6.07) is 10.7. The molecule has 0 aliphatic carbocycles. The number of aromatic amines is 1. The Hall–Kier alpha value is -3.65. The molecule has 150 valence electrons. The number of thiazole rings is 1. The summed E-state index contributed by atoms with van der Waals surface area (Å²) in [5.74, 6) is -0.380. The summed E-state index contributed by atoms with van der Waals surface area (Å²) in [6.07, 6.45) is 8.28. The second kappa shape index (κ2) is 9.23. The topological polar surface area (TPSA) is 101 Å². The maximum absolute atomic E-state index is 12.4. The van der Waals surface area contributed by atoms with Crippen molar-refractivity contribution in [1.82, 2.24) is 25.3 Å². The predicted molar refractivity (Wildman–Crippen MR) is 116 cm³/mol. The van der Waals surface area contributed by atoms with Crippen LogP contribution < -0.4 is 10.9 Å². The molecule has 7 nitrogen and oxygen atoms in total. The lowest BCUT2D eigenvalue weighted by atomic mass is 10.1. The van der Waals surface area contributed by atoms with Crippen LogP contribution in [0.1, 0.15) is 21.8 Å². The summed E-state index contributed by atoms with van der Waals surface area (Å²) in [5.41, 5.74) is 3.14. The molecule has 0 saturated carbocycles. The van der Waals surface area contributed by atoms with Crippen molar-refractivity contribution in [3.8, 4) is 22.5 Å². The zero-order valence-electron chi connectivity index (χ0n) is 16.0. The van der Waals surface area contributed by atoms with Crippen molar-refractivity contribution < 1.29 is 4.79 Å². The molecule has 0 unspecified atom stereocenters. The first-order valence-corrected chi connectivity index (χ1v) is 10.4. The van der Waals surface area contributed by atoms with Gasteiger partial charge in [-0.2, -0.15) is 0 Å². The molecule has 0 aliphatic rings. The molecule has 0 aromatic carbocycles. The fourth-order valence-corrected chi connectivity index (χ4v) is 3.82. The summed E-state index contributed by atoms with van der Waals surface area (Å²) in [7, 11) is 0. The number of hydrogen-bond donors (Lipinski definition) is 2. The van der Waals surface area contributed by atoms with Crippen LogP contribution in [0.3, 0.4) is 0 Å². The number of amides is 1. The number of nitrogens with zero attached hydrogens (tertiary/aromatic N) is 3. The highest BCUT2D eigenvalue weighted by molar-refractivity contribution is 7.09. The molecular weight excluding hydrogens is 398 g/mol. The summed E-state index contributed by atoms with van der Waals surface area (Å²) < 4.78 is 0. The largest absolute Gasteiger partial charge is 0.352 e. The fourth-order valence-electron chi connectivity index (χ4n) is 2.97. The lowest BCUT2D eigenvalue weighted by Gasteiger charge is -2.06. The van der Waals surface area contributed by atoms with E-state index in [0.717, 1.165) is 34.7 Å². The molecular formula is C22H19N5O2S. The van der Waals surface area contributed by atoms with Gasteiger partial charge in [-0.1, -0.05) is 0 Å². The zero-order chi connectivity index (χ0) is 20.8. The molecule has 0 atom stereocenters. The van der Waals surface area contributed by atoms with E-state index in [-0.39, 0.29) is 11.5 Å². The van der Waals surface area contributed by atoms with Crippen LogP contribution in [0.2, 0.25) is 0 Å². The van der Waals surface area contributed by atoms with E-state index >= 15 is 0 Å². The van der Waals surface area contributed by atoms with E-state index in [2.05, 4.69) is 25.3 Å². The number of carbonyl (C=O) groups is 1. The van der Waals surface area contributed by atoms with Crippen LogP contribution >= 0.6 is 11.3 Å². The molecule has 4 rings (SSSR count). The van der Waals surface area contributed by atoms with Gasteiger partial charge in [0.1, 0.15) is 5.56 Å². The monoisotopic (exact) mass is 417 g/mol. The Bertz CT molecular complexity index is 1190. The van der Waals surface area contributed by atoms with Crippen LogP contribution in [0.4, 0.5) is 0 Å². The molecule has 0 bridgehead atoms. The lowest BCUT2D eigenvalue weighted by Crippen LogP contribution is -2.30. The van der Waals surface area contributed by atoms with Gasteiger partial charge in [0.15, 0.2) is 0 Å². The minimum Gasteiger partial charge on any atom is -0.352 e. The van der Waals surface area contributed by atoms with Crippen molar-refractivity contribution in [3.63, 3.8) is 0 Å². The van der Waals surface area contributed by atoms with Crippen LogP contribution in [-0.4, -0.2) is 32.4 Å². The van der Waals surface area contributed by atoms with Crippen LogP contribution in [0, 0.1) is 0 Å². The molecule has 1 amide bonds. The van der Waals surface area contributed by atoms with Gasteiger partial charge in [-0.15, -0.1) is 11.3 Å². The van der Waals surface area contributed by atoms with Crippen molar-refractivity contribution >= 4 is 17.2 Å². The molecule has 4 aromatic heterocycles. The number of rotatable bonds is 7. The third-order valence-electron chi connectivity index (χ3n) is 4.53. The average molecular weight is 417 g/mol. The van der Waals surface area contributed by atoms with E-state index in [1.807, 2.05) is 17.5 Å². The standard InChI is InChI=1S/C22H19N5O2S/c28-21(17-3-4-18(27-22(17)29)15-5-10-23-11-6-15)25-9-1-2-20-26-19(14-30-20)16-7-12-24-13-8-16/h3-8,10-14H,1-2,9H2,(H,25,28)(H,27,29). The normalized spacial score (nSPS) is 10.7. The molecule has 0 aliphatic heterocycles. The summed E-state index contributed by atoms with van der Waals surface area (Å²) in [6.45, 7) is 0.467. The van der Waals surface area contributed by atoms with Gasteiger partial charge in [0, 0.05) is 60.0 Å². The molecule has 4 heterocycles. The van der Waals surface area contributed by atoms with E-state index in [1.165, 1.54) is 0 Å². The summed E-state index contributed by atoms with van der Waals surface area (Å²) in [5, 5.41) is 5.84. The van der Waals surface area contributed by atoms with Crippen molar-refractivity contribution in [2.45, 2.75) is 12.8 Å². The van der Waals surface area contributed by atoms with Crippen LogP contribution in [0.5, 0.6) is 0 Å². The van der Waals surface area contributed by atoms with E-state index in [4.69, 9.17) is 0 Å². The van der Waals surface area contributed by atoms with Gasteiger partial charge in [0.25, 0.3) is 11.5 Å². The minimum atomic E-state index is -0.413. The highest BCUT2D eigenvalue weighted by atomic mass is 32.1. The second-order valence-electron chi connectivity index (χ2n) is 6.57. The smallest absolute Gasteiger partial charge is 0.261 e. The Kier molecular flexibility index (Phi) is 6.05. The first-order chi connectivity index (χ1) is 14.7. The Balaban J connectivity index is 1.30. The van der Waals surface area contributed by atoms with Crippen molar-refractivity contribution in [1.29, 1.82) is 0 Å². The minimum absolute atomic E-state index is 0.0991. The molecule has 0 saturated heterocycles. The van der Waals surface area contributed by atoms with Gasteiger partial charge in [0.2, 0.25) is 0 Å². The van der Waals surface area contributed by atoms with Gasteiger partial charge in [-0.25, -0.2) is 4.98 Å². The number of H-pyrrole nitrogens is 1. The molecule has 0 spiro atoms. The highest BCUT2D eigenvalue weighted by Crippen LogP contribution is 2.21. The number of aryl methyl sites for hydroxylation is 1. The summed E-state index contributed by atoms with van der Waals surface area (Å²) >= 11 is 1.60. The lowest BCUT2D eigenvalue weighted by molar-refractivity contribution is 0.0951. The van der Waals surface area contributed by atoms with Crippen LogP contribution in [0.25, 0.3) is 22.5 Å². The third-order valence-corrected chi connectivity index (χ3v) is 5.43. The van der Waals surface area contributed by atoms with E-state index in [0.29, 0.717) is 12.2 Å². The molecule has 30 heavy (non-hydrogen) atoms.